The largest absolute Gasteiger partial charge is 0.493 e. The number of nitrogens with two attached hydrogens (primary N) is 1. The quantitative estimate of drug-likeness (QED) is 0.868. The number of anilines is 2. The first kappa shape index (κ1) is 12.5. The highest BCUT2D eigenvalue weighted by molar-refractivity contribution is 7.19. The fourth-order valence-corrected chi connectivity index (χ4v) is 2.11. The van der Waals surface area contributed by atoms with Crippen molar-refractivity contribution in [2.75, 3.05) is 25.3 Å². The highest BCUT2D eigenvalue weighted by Crippen LogP contribution is 2.28. The highest BCUT2D eigenvalue weighted by Gasteiger charge is 2.05. The summed E-state index contributed by atoms with van der Waals surface area (Å²) in [4.78, 5) is 4.13. The van der Waals surface area contributed by atoms with Crippen LogP contribution in [0.1, 0.15) is 5.56 Å². The van der Waals surface area contributed by atoms with Crippen molar-refractivity contribution in [2.45, 2.75) is 6.54 Å². The molecule has 3 N–H and O–H groups in total. The molecule has 0 aliphatic rings. The van der Waals surface area contributed by atoms with Gasteiger partial charge in [0.05, 0.1) is 20.4 Å². The zero-order chi connectivity index (χ0) is 13.0. The molecular weight excluding hydrogens is 250 g/mol. The smallest absolute Gasteiger partial charge is 0.184 e. The number of ether oxygens (including phenoxy) is 2. The lowest BCUT2D eigenvalue weighted by Gasteiger charge is -2.09. The summed E-state index contributed by atoms with van der Waals surface area (Å²) in [6.07, 6.45) is 1.64. The lowest BCUT2D eigenvalue weighted by Crippen LogP contribution is -2.00. The van der Waals surface area contributed by atoms with Crippen LogP contribution < -0.4 is 20.5 Å². The third-order valence-corrected chi connectivity index (χ3v) is 3.20. The van der Waals surface area contributed by atoms with Crippen LogP contribution >= 0.6 is 11.3 Å². The van der Waals surface area contributed by atoms with Crippen LogP contribution in [0.15, 0.2) is 24.4 Å². The number of nitrogens with zero attached hydrogens (tertiary/aromatic N) is 1. The Morgan fingerprint density at radius 2 is 2.06 bits per heavy atom. The monoisotopic (exact) mass is 265 g/mol. The summed E-state index contributed by atoms with van der Waals surface area (Å²) in [5.74, 6) is 1.44. The third kappa shape index (κ3) is 2.84. The van der Waals surface area contributed by atoms with Crippen LogP contribution in [0.3, 0.4) is 0 Å². The first-order valence-electron chi connectivity index (χ1n) is 5.39. The molecule has 0 atom stereocenters. The molecule has 0 spiro atoms. The van der Waals surface area contributed by atoms with E-state index < -0.39 is 0 Å². The van der Waals surface area contributed by atoms with Crippen LogP contribution in [0.5, 0.6) is 11.5 Å². The molecule has 0 aliphatic carbocycles. The molecule has 0 unspecified atom stereocenters. The Bertz CT molecular complexity index is 528. The van der Waals surface area contributed by atoms with Crippen molar-refractivity contribution in [1.82, 2.24) is 4.98 Å². The van der Waals surface area contributed by atoms with Gasteiger partial charge in [-0.2, -0.15) is 0 Å². The summed E-state index contributed by atoms with van der Waals surface area (Å²) < 4.78 is 10.4. The van der Waals surface area contributed by atoms with Crippen LogP contribution in [0.2, 0.25) is 0 Å². The lowest BCUT2D eigenvalue weighted by atomic mass is 10.2. The van der Waals surface area contributed by atoms with Crippen LogP contribution in [-0.2, 0) is 6.54 Å². The topological polar surface area (TPSA) is 69.4 Å². The first-order valence-corrected chi connectivity index (χ1v) is 6.20. The minimum absolute atomic E-state index is 0.660. The molecular formula is C12H15N3O2S. The van der Waals surface area contributed by atoms with Crippen LogP contribution in [0.25, 0.3) is 0 Å². The molecule has 2 rings (SSSR count). The number of methoxy groups -OCH3 is 2. The van der Waals surface area contributed by atoms with E-state index in [1.807, 2.05) is 18.2 Å². The van der Waals surface area contributed by atoms with Crippen molar-refractivity contribution in [2.24, 2.45) is 0 Å². The van der Waals surface area contributed by atoms with E-state index in [9.17, 15) is 0 Å². The number of nitrogens with one attached hydrogen (secondary N) is 1. The van der Waals surface area contributed by atoms with Gasteiger partial charge in [-0.15, -0.1) is 0 Å². The molecule has 0 saturated heterocycles. The van der Waals surface area contributed by atoms with Gasteiger partial charge in [0.2, 0.25) is 0 Å². The second kappa shape index (κ2) is 5.59. The Kier molecular flexibility index (Phi) is 3.88. The lowest BCUT2D eigenvalue weighted by molar-refractivity contribution is 0.354. The van der Waals surface area contributed by atoms with E-state index in [-0.39, 0.29) is 0 Å². The van der Waals surface area contributed by atoms with Crippen molar-refractivity contribution in [3.63, 3.8) is 0 Å². The molecule has 0 aliphatic heterocycles. The number of thiazole rings is 1. The normalized spacial score (nSPS) is 10.1. The molecule has 1 heterocycles. The third-order valence-electron chi connectivity index (χ3n) is 2.42. The molecule has 18 heavy (non-hydrogen) atoms. The molecule has 0 saturated carbocycles. The molecule has 0 bridgehead atoms. The van der Waals surface area contributed by atoms with E-state index in [2.05, 4.69) is 10.3 Å². The van der Waals surface area contributed by atoms with E-state index in [1.54, 1.807) is 20.4 Å². The summed E-state index contributed by atoms with van der Waals surface area (Å²) in [6.45, 7) is 0.660. The Morgan fingerprint density at radius 3 is 2.67 bits per heavy atom. The van der Waals surface area contributed by atoms with Gasteiger partial charge >= 0.3 is 0 Å². The van der Waals surface area contributed by atoms with Gasteiger partial charge in [-0.25, -0.2) is 4.98 Å². The number of benzene rings is 1. The van der Waals surface area contributed by atoms with Gasteiger partial charge in [0.15, 0.2) is 16.6 Å². The van der Waals surface area contributed by atoms with Gasteiger partial charge < -0.3 is 20.5 Å². The Morgan fingerprint density at radius 1 is 1.28 bits per heavy atom. The standard InChI is InChI=1S/C12H15N3O2S/c1-16-9-4-3-8(5-10(9)17-2)6-14-12-15-7-11(13)18-12/h3-5,7H,6,13H2,1-2H3,(H,14,15). The van der Waals surface area contributed by atoms with E-state index in [1.165, 1.54) is 11.3 Å². The average molecular weight is 265 g/mol. The van der Waals surface area contributed by atoms with Crippen LogP contribution in [0, 0.1) is 0 Å². The van der Waals surface area contributed by atoms with Crippen molar-refractivity contribution in [1.29, 1.82) is 0 Å². The molecule has 2 aromatic rings. The van der Waals surface area contributed by atoms with Gasteiger partial charge in [0.25, 0.3) is 0 Å². The Balaban J connectivity index is 2.05. The number of hydrogen-bond donors (Lipinski definition) is 2. The highest BCUT2D eigenvalue weighted by atomic mass is 32.1. The fourth-order valence-electron chi connectivity index (χ4n) is 1.54. The summed E-state index contributed by atoms with van der Waals surface area (Å²) in [6, 6.07) is 5.79. The van der Waals surface area contributed by atoms with Gasteiger partial charge in [-0.3, -0.25) is 0 Å². The number of hydrogen-bond acceptors (Lipinski definition) is 6. The molecule has 0 amide bonds. The van der Waals surface area contributed by atoms with Gasteiger partial charge in [-0.1, -0.05) is 17.4 Å². The fraction of sp³-hybridized carbons (Fsp3) is 0.250. The predicted molar refractivity (Wildman–Crippen MR) is 73.4 cm³/mol. The number of rotatable bonds is 5. The predicted octanol–water partition coefficient (Wildman–Crippen LogP) is 2.35. The second-order valence-electron chi connectivity index (χ2n) is 3.61. The maximum absolute atomic E-state index is 5.61. The molecule has 5 nitrogen and oxygen atoms in total. The summed E-state index contributed by atoms with van der Waals surface area (Å²) in [5, 5.41) is 4.71. The number of nitrogen functional groups attached to an aromatic ring is 1. The first-order chi connectivity index (χ1) is 8.72. The zero-order valence-corrected chi connectivity index (χ0v) is 11.1. The van der Waals surface area contributed by atoms with E-state index in [0.717, 1.165) is 22.2 Å². The summed E-state index contributed by atoms with van der Waals surface area (Å²) in [7, 11) is 3.24. The SMILES string of the molecule is COc1ccc(CNc2ncc(N)s2)cc1OC. The summed E-state index contributed by atoms with van der Waals surface area (Å²) in [5.41, 5.74) is 6.70. The maximum Gasteiger partial charge on any atom is 0.184 e. The second-order valence-corrected chi connectivity index (χ2v) is 4.67. The number of aromatic nitrogens is 1. The Labute approximate surface area is 110 Å². The zero-order valence-electron chi connectivity index (χ0n) is 10.3. The van der Waals surface area contributed by atoms with E-state index in [4.69, 9.17) is 15.2 Å². The van der Waals surface area contributed by atoms with Crippen molar-refractivity contribution < 1.29 is 9.47 Å². The Hall–Kier alpha value is -1.95. The van der Waals surface area contributed by atoms with Gasteiger partial charge in [0, 0.05) is 6.54 Å². The summed E-state index contributed by atoms with van der Waals surface area (Å²) >= 11 is 1.42. The molecule has 1 aromatic carbocycles. The average Bonchev–Trinajstić information content (AvgIpc) is 2.81. The van der Waals surface area contributed by atoms with Crippen molar-refractivity contribution in [3.8, 4) is 11.5 Å². The molecule has 6 heteroatoms. The van der Waals surface area contributed by atoms with Crippen LogP contribution in [0.4, 0.5) is 10.1 Å². The maximum atomic E-state index is 5.61. The van der Waals surface area contributed by atoms with E-state index in [0.29, 0.717) is 11.5 Å². The van der Waals surface area contributed by atoms with Gasteiger partial charge in [-0.05, 0) is 17.7 Å². The van der Waals surface area contributed by atoms with Crippen molar-refractivity contribution in [3.05, 3.63) is 30.0 Å². The molecule has 0 fully saturated rings. The van der Waals surface area contributed by atoms with Crippen LogP contribution in [-0.4, -0.2) is 19.2 Å². The minimum atomic E-state index is 0.660. The minimum Gasteiger partial charge on any atom is -0.493 e. The molecule has 0 radical (unpaired) electrons. The van der Waals surface area contributed by atoms with E-state index >= 15 is 0 Å². The molecule has 96 valence electrons. The van der Waals surface area contributed by atoms with Crippen molar-refractivity contribution >= 4 is 21.5 Å². The molecule has 1 aromatic heterocycles. The van der Waals surface area contributed by atoms with Gasteiger partial charge in [0.1, 0.15) is 5.00 Å².